The van der Waals surface area contributed by atoms with E-state index in [0.717, 1.165) is 60.6 Å². The number of nitrogens with one attached hydrogen (secondary N) is 1. The minimum atomic E-state index is 0.146. The molecule has 0 radical (unpaired) electrons. The smallest absolute Gasteiger partial charge is 0.157 e. The molecule has 0 spiro atoms. The molecule has 0 fully saturated rings. The van der Waals surface area contributed by atoms with Crippen LogP contribution in [0.4, 0.5) is 5.82 Å². The Morgan fingerprint density at radius 2 is 1.96 bits per heavy atom. The molecule has 4 rings (SSSR count). The Morgan fingerprint density at radius 3 is 2.64 bits per heavy atom. The number of nitrogens with zero attached hydrogens (tertiary/aromatic N) is 2. The van der Waals surface area contributed by atoms with Crippen LogP contribution in [0.2, 0.25) is 0 Å². The number of ether oxygens (including phenoxy) is 1. The highest BCUT2D eigenvalue weighted by Gasteiger charge is 2.30. The van der Waals surface area contributed by atoms with Crippen LogP contribution < -0.4 is 10.1 Å². The van der Waals surface area contributed by atoms with Gasteiger partial charge in [0, 0.05) is 29.6 Å². The van der Waals surface area contributed by atoms with Crippen LogP contribution in [0.15, 0.2) is 36.0 Å². The Balaban J connectivity index is 1.89. The van der Waals surface area contributed by atoms with Gasteiger partial charge in [-0.1, -0.05) is 6.92 Å². The Bertz CT molecular complexity index is 977. The normalized spacial score (nSPS) is 18.8. The predicted molar refractivity (Wildman–Crippen MR) is 109 cm³/mol. The first kappa shape index (κ1) is 18.4. The van der Waals surface area contributed by atoms with E-state index in [-0.39, 0.29) is 5.78 Å². The number of anilines is 1. The first-order valence-corrected chi connectivity index (χ1v) is 9.94. The zero-order valence-corrected chi connectivity index (χ0v) is 16.4. The number of allylic oxidation sites excluding steroid dienone is 2. The number of fused-ring (bicyclic) bond motifs is 1. The highest BCUT2D eigenvalue weighted by Crippen LogP contribution is 2.42. The lowest BCUT2D eigenvalue weighted by Gasteiger charge is -2.22. The number of nitriles is 1. The number of hydrogen-bond acceptors (Lipinski definition) is 4. The molecule has 2 aromatic rings. The first-order chi connectivity index (χ1) is 13.6. The third-order valence-corrected chi connectivity index (χ3v) is 5.78. The minimum Gasteiger partial charge on any atom is -0.497 e. The van der Waals surface area contributed by atoms with Crippen LogP contribution in [0.1, 0.15) is 61.8 Å². The van der Waals surface area contributed by atoms with Gasteiger partial charge in [-0.3, -0.25) is 9.36 Å². The first-order valence-electron chi connectivity index (χ1n) is 9.94. The Labute approximate surface area is 165 Å². The molecular weight excluding hydrogens is 350 g/mol. The summed E-state index contributed by atoms with van der Waals surface area (Å²) >= 11 is 0. The van der Waals surface area contributed by atoms with Gasteiger partial charge in [0.15, 0.2) is 5.78 Å². The Morgan fingerprint density at radius 1 is 1.18 bits per heavy atom. The second kappa shape index (κ2) is 7.55. The van der Waals surface area contributed by atoms with Crippen molar-refractivity contribution in [1.29, 1.82) is 5.26 Å². The van der Waals surface area contributed by atoms with E-state index in [2.05, 4.69) is 22.9 Å². The molecule has 0 saturated carbocycles. The molecule has 2 aliphatic rings. The third-order valence-electron chi connectivity index (χ3n) is 5.78. The van der Waals surface area contributed by atoms with Crippen LogP contribution in [-0.2, 0) is 11.2 Å². The van der Waals surface area contributed by atoms with Gasteiger partial charge in [-0.15, -0.1) is 0 Å². The van der Waals surface area contributed by atoms with Crippen LogP contribution in [0.3, 0.4) is 0 Å². The summed E-state index contributed by atoms with van der Waals surface area (Å²) in [6.45, 7) is 2.20. The van der Waals surface area contributed by atoms with E-state index in [1.807, 2.05) is 24.3 Å². The van der Waals surface area contributed by atoms with E-state index in [1.165, 1.54) is 5.69 Å². The van der Waals surface area contributed by atoms with Gasteiger partial charge in [-0.25, -0.2) is 0 Å². The highest BCUT2D eigenvalue weighted by molar-refractivity contribution is 5.91. The fourth-order valence-electron chi connectivity index (χ4n) is 4.43. The van der Waals surface area contributed by atoms with E-state index in [9.17, 15) is 10.1 Å². The summed E-state index contributed by atoms with van der Waals surface area (Å²) in [5, 5.41) is 13.5. The van der Waals surface area contributed by atoms with Crippen molar-refractivity contribution in [1.82, 2.24) is 4.57 Å². The number of methoxy groups -OCH3 is 1. The Hall–Kier alpha value is -3.00. The Kier molecular flexibility index (Phi) is 4.95. The molecule has 1 N–H and O–H groups in total. The standard InChI is InChI=1S/C23H25N3O2/c1-15-5-3-8-21-22(15)20(14-24)23(25-16-6-4-7-18(27)13-16)26(21)17-9-11-19(28-2)12-10-17/h9-13,15,25H,3-8H2,1-2H3. The molecule has 2 aliphatic carbocycles. The van der Waals surface area contributed by atoms with Crippen molar-refractivity contribution in [3.8, 4) is 17.5 Å². The summed E-state index contributed by atoms with van der Waals surface area (Å²) in [5.74, 6) is 2.08. The molecule has 28 heavy (non-hydrogen) atoms. The van der Waals surface area contributed by atoms with Crippen molar-refractivity contribution in [3.63, 3.8) is 0 Å². The van der Waals surface area contributed by atoms with Crippen LogP contribution in [0, 0.1) is 11.3 Å². The van der Waals surface area contributed by atoms with Crippen molar-refractivity contribution < 1.29 is 9.53 Å². The average Bonchev–Trinajstić information content (AvgIpc) is 3.02. The summed E-state index contributed by atoms with van der Waals surface area (Å²) in [4.78, 5) is 11.9. The summed E-state index contributed by atoms with van der Waals surface area (Å²) in [6.07, 6.45) is 7.11. The molecular formula is C23H25N3O2. The quantitative estimate of drug-likeness (QED) is 0.830. The molecule has 1 unspecified atom stereocenters. The van der Waals surface area contributed by atoms with Gasteiger partial charge in [0.1, 0.15) is 17.6 Å². The molecule has 1 aromatic carbocycles. The number of aromatic nitrogens is 1. The largest absolute Gasteiger partial charge is 0.497 e. The summed E-state index contributed by atoms with van der Waals surface area (Å²) < 4.78 is 7.47. The van der Waals surface area contributed by atoms with Gasteiger partial charge >= 0.3 is 0 Å². The van der Waals surface area contributed by atoms with Gasteiger partial charge in [-0.2, -0.15) is 5.26 Å². The molecule has 0 bridgehead atoms. The zero-order valence-electron chi connectivity index (χ0n) is 16.4. The lowest BCUT2D eigenvalue weighted by atomic mass is 9.86. The monoisotopic (exact) mass is 375 g/mol. The lowest BCUT2D eigenvalue weighted by molar-refractivity contribution is -0.115. The average molecular weight is 375 g/mol. The molecule has 0 amide bonds. The van der Waals surface area contributed by atoms with E-state index >= 15 is 0 Å². The van der Waals surface area contributed by atoms with Crippen LogP contribution in [0.25, 0.3) is 5.69 Å². The molecule has 1 heterocycles. The number of rotatable bonds is 4. The van der Waals surface area contributed by atoms with E-state index in [1.54, 1.807) is 13.2 Å². The third kappa shape index (κ3) is 3.20. The summed E-state index contributed by atoms with van der Waals surface area (Å²) in [5.41, 5.74) is 4.94. The number of carbonyl (C=O) groups is 1. The molecule has 5 nitrogen and oxygen atoms in total. The minimum absolute atomic E-state index is 0.146. The topological polar surface area (TPSA) is 67.1 Å². The maximum atomic E-state index is 11.9. The molecule has 144 valence electrons. The maximum Gasteiger partial charge on any atom is 0.157 e. The summed E-state index contributed by atoms with van der Waals surface area (Å²) in [7, 11) is 1.65. The molecule has 5 heteroatoms. The molecule has 0 aliphatic heterocycles. The fourth-order valence-corrected chi connectivity index (χ4v) is 4.43. The van der Waals surface area contributed by atoms with E-state index in [0.29, 0.717) is 17.9 Å². The molecule has 1 aromatic heterocycles. The van der Waals surface area contributed by atoms with Gasteiger partial charge in [0.2, 0.25) is 0 Å². The van der Waals surface area contributed by atoms with Gasteiger partial charge in [0.25, 0.3) is 0 Å². The van der Waals surface area contributed by atoms with Crippen LogP contribution in [0.5, 0.6) is 5.75 Å². The number of ketones is 1. The molecule has 0 saturated heterocycles. The van der Waals surface area contributed by atoms with E-state index < -0.39 is 0 Å². The van der Waals surface area contributed by atoms with Crippen molar-refractivity contribution in [3.05, 3.63) is 52.9 Å². The van der Waals surface area contributed by atoms with Crippen molar-refractivity contribution in [2.24, 2.45) is 0 Å². The molecule has 1 atom stereocenters. The predicted octanol–water partition coefficient (Wildman–Crippen LogP) is 4.85. The van der Waals surface area contributed by atoms with Gasteiger partial charge in [0.05, 0.1) is 12.7 Å². The second-order valence-electron chi connectivity index (χ2n) is 7.64. The van der Waals surface area contributed by atoms with Crippen molar-refractivity contribution in [2.75, 3.05) is 12.4 Å². The second-order valence-corrected chi connectivity index (χ2v) is 7.64. The summed E-state index contributed by atoms with van der Waals surface area (Å²) in [6, 6.07) is 10.4. The zero-order chi connectivity index (χ0) is 19.7. The van der Waals surface area contributed by atoms with Crippen LogP contribution in [-0.4, -0.2) is 17.5 Å². The fraction of sp³-hybridized carbons (Fsp3) is 0.391. The van der Waals surface area contributed by atoms with Crippen LogP contribution >= 0.6 is 0 Å². The number of carbonyl (C=O) groups excluding carboxylic acids is 1. The number of hydrogen-bond donors (Lipinski definition) is 1. The lowest BCUT2D eigenvalue weighted by Crippen LogP contribution is -2.13. The van der Waals surface area contributed by atoms with Crippen molar-refractivity contribution in [2.45, 2.75) is 51.4 Å². The SMILES string of the molecule is COc1ccc(-n2c3c(c(C#N)c2NC2=CC(=O)CCC2)C(C)CCC3)cc1. The number of benzene rings is 1. The van der Waals surface area contributed by atoms with Gasteiger partial charge in [-0.05, 0) is 67.9 Å². The highest BCUT2D eigenvalue weighted by atomic mass is 16.5. The van der Waals surface area contributed by atoms with E-state index in [4.69, 9.17) is 4.74 Å². The maximum absolute atomic E-state index is 11.9. The van der Waals surface area contributed by atoms with Crippen molar-refractivity contribution >= 4 is 11.6 Å². The van der Waals surface area contributed by atoms with Gasteiger partial charge < -0.3 is 10.1 Å².